The maximum Gasteiger partial charge on any atom is 0.240 e. The fraction of sp³-hybridized carbons (Fsp3) is 0.308. The molecule has 0 saturated carbocycles. The number of fused-ring (bicyclic) bond motifs is 1. The molecule has 1 unspecified atom stereocenters. The van der Waals surface area contributed by atoms with Crippen LogP contribution in [0.25, 0.3) is 10.9 Å². The zero-order valence-electron chi connectivity index (χ0n) is 10.2. The lowest BCUT2D eigenvalue weighted by Crippen LogP contribution is -2.40. The third-order valence-electron chi connectivity index (χ3n) is 3.43. The van der Waals surface area contributed by atoms with E-state index in [2.05, 4.69) is 9.97 Å². The van der Waals surface area contributed by atoms with Gasteiger partial charge in [0.1, 0.15) is 18.2 Å². The molecule has 2 N–H and O–H groups in total. The lowest BCUT2D eigenvalue weighted by atomic mass is 10.2. The molecule has 0 aliphatic carbocycles. The summed E-state index contributed by atoms with van der Waals surface area (Å²) in [4.78, 5) is 22.0. The van der Waals surface area contributed by atoms with Gasteiger partial charge in [-0.3, -0.25) is 4.79 Å². The van der Waals surface area contributed by atoms with E-state index >= 15 is 0 Å². The molecule has 0 bridgehead atoms. The van der Waals surface area contributed by atoms with Gasteiger partial charge in [0.25, 0.3) is 0 Å². The van der Waals surface area contributed by atoms with Crippen molar-refractivity contribution in [1.29, 1.82) is 0 Å². The molecule has 1 aromatic carbocycles. The van der Waals surface area contributed by atoms with Gasteiger partial charge < -0.3 is 10.6 Å². The lowest BCUT2D eigenvalue weighted by Gasteiger charge is -2.24. The molecule has 19 heavy (non-hydrogen) atoms. The van der Waals surface area contributed by atoms with Crippen molar-refractivity contribution in [2.75, 3.05) is 11.4 Å². The number of amides is 1. The number of halogens is 1. The summed E-state index contributed by atoms with van der Waals surface area (Å²) in [7, 11) is 0. The summed E-state index contributed by atoms with van der Waals surface area (Å²) in [5, 5.41) is 1.52. The Hall–Kier alpha value is -1.88. The maximum absolute atomic E-state index is 11.5. The third-order valence-corrected chi connectivity index (χ3v) is 3.67. The Kier molecular flexibility index (Phi) is 2.98. The van der Waals surface area contributed by atoms with Gasteiger partial charge in [0.15, 0.2) is 0 Å². The second-order valence-electron chi connectivity index (χ2n) is 4.61. The fourth-order valence-corrected chi connectivity index (χ4v) is 2.73. The molecule has 1 aliphatic heterocycles. The Labute approximate surface area is 115 Å². The number of primary amides is 1. The molecule has 3 rings (SSSR count). The number of aromatic nitrogens is 2. The number of rotatable bonds is 2. The second kappa shape index (κ2) is 4.66. The molecule has 1 aromatic heterocycles. The van der Waals surface area contributed by atoms with E-state index in [0.717, 1.165) is 36.1 Å². The van der Waals surface area contributed by atoms with Crippen LogP contribution in [-0.2, 0) is 4.79 Å². The number of anilines is 1. The number of carbonyl (C=O) groups excluding carboxylic acids is 1. The molecule has 98 valence electrons. The summed E-state index contributed by atoms with van der Waals surface area (Å²) in [6.07, 6.45) is 3.20. The molecular weight excluding hydrogens is 264 g/mol. The number of hydrogen-bond donors (Lipinski definition) is 1. The van der Waals surface area contributed by atoms with E-state index in [-0.39, 0.29) is 11.9 Å². The highest BCUT2D eigenvalue weighted by atomic mass is 35.5. The zero-order valence-corrected chi connectivity index (χ0v) is 11.0. The van der Waals surface area contributed by atoms with Crippen molar-refractivity contribution >= 4 is 34.2 Å². The van der Waals surface area contributed by atoms with Crippen molar-refractivity contribution in [3.8, 4) is 0 Å². The first-order valence-electron chi connectivity index (χ1n) is 6.13. The van der Waals surface area contributed by atoms with Crippen LogP contribution in [0, 0.1) is 0 Å². The van der Waals surface area contributed by atoms with E-state index in [1.165, 1.54) is 6.33 Å². The molecule has 1 amide bonds. The van der Waals surface area contributed by atoms with E-state index in [9.17, 15) is 4.79 Å². The van der Waals surface area contributed by atoms with E-state index in [4.69, 9.17) is 17.3 Å². The van der Waals surface area contributed by atoms with Crippen molar-refractivity contribution in [1.82, 2.24) is 9.97 Å². The summed E-state index contributed by atoms with van der Waals surface area (Å²) in [5.74, 6) is 0.446. The van der Waals surface area contributed by atoms with Crippen LogP contribution in [0.15, 0.2) is 24.5 Å². The van der Waals surface area contributed by atoms with Crippen molar-refractivity contribution in [3.05, 3.63) is 29.5 Å². The second-order valence-corrected chi connectivity index (χ2v) is 5.05. The Morgan fingerprint density at radius 3 is 3.05 bits per heavy atom. The average molecular weight is 277 g/mol. The van der Waals surface area contributed by atoms with Gasteiger partial charge in [-0.05, 0) is 31.0 Å². The molecule has 1 saturated heterocycles. The zero-order chi connectivity index (χ0) is 13.4. The van der Waals surface area contributed by atoms with Gasteiger partial charge in [-0.15, -0.1) is 0 Å². The normalized spacial score (nSPS) is 19.0. The van der Waals surface area contributed by atoms with Gasteiger partial charge in [-0.1, -0.05) is 11.6 Å². The van der Waals surface area contributed by atoms with Crippen LogP contribution in [0.1, 0.15) is 12.8 Å². The van der Waals surface area contributed by atoms with Gasteiger partial charge in [0.2, 0.25) is 5.91 Å². The molecule has 2 aromatic rings. The van der Waals surface area contributed by atoms with Gasteiger partial charge >= 0.3 is 0 Å². The predicted molar refractivity (Wildman–Crippen MR) is 74.1 cm³/mol. The Morgan fingerprint density at radius 1 is 1.42 bits per heavy atom. The van der Waals surface area contributed by atoms with Crippen molar-refractivity contribution in [2.24, 2.45) is 5.73 Å². The molecule has 0 radical (unpaired) electrons. The first-order chi connectivity index (χ1) is 9.16. The fourth-order valence-electron chi connectivity index (χ4n) is 2.56. The van der Waals surface area contributed by atoms with Gasteiger partial charge in [-0.25, -0.2) is 9.97 Å². The molecule has 6 heteroatoms. The van der Waals surface area contributed by atoms with Crippen LogP contribution >= 0.6 is 11.6 Å². The third kappa shape index (κ3) is 2.10. The van der Waals surface area contributed by atoms with Gasteiger partial charge in [0, 0.05) is 17.0 Å². The average Bonchev–Trinajstić information content (AvgIpc) is 2.86. The molecule has 1 atom stereocenters. The topological polar surface area (TPSA) is 72.1 Å². The van der Waals surface area contributed by atoms with Crippen LogP contribution in [0.5, 0.6) is 0 Å². The lowest BCUT2D eigenvalue weighted by molar-refractivity contribution is -0.119. The minimum absolute atomic E-state index is 0.284. The summed E-state index contributed by atoms with van der Waals surface area (Å²) in [6.45, 7) is 0.780. The highest BCUT2D eigenvalue weighted by Gasteiger charge is 2.30. The predicted octanol–water partition coefficient (Wildman–Crippen LogP) is 1.74. The quantitative estimate of drug-likeness (QED) is 0.907. The van der Waals surface area contributed by atoms with Crippen molar-refractivity contribution in [2.45, 2.75) is 18.9 Å². The van der Waals surface area contributed by atoms with E-state index in [0.29, 0.717) is 5.02 Å². The maximum atomic E-state index is 11.5. The molecule has 0 spiro atoms. The summed E-state index contributed by atoms with van der Waals surface area (Å²) in [6, 6.07) is 5.18. The van der Waals surface area contributed by atoms with Crippen LogP contribution in [0.3, 0.4) is 0 Å². The molecule has 1 fully saturated rings. The summed E-state index contributed by atoms with van der Waals surface area (Å²) in [5.41, 5.74) is 6.22. The molecule has 1 aliphatic rings. The van der Waals surface area contributed by atoms with Crippen LogP contribution < -0.4 is 10.6 Å². The van der Waals surface area contributed by atoms with E-state index < -0.39 is 0 Å². The first-order valence-corrected chi connectivity index (χ1v) is 6.51. The number of hydrogen-bond acceptors (Lipinski definition) is 4. The SMILES string of the molecule is NC(=O)C1CCCN1c1ncnc2cc(Cl)ccc12. The van der Waals surface area contributed by atoms with Crippen molar-refractivity contribution < 1.29 is 4.79 Å². The van der Waals surface area contributed by atoms with Gasteiger partial charge in [-0.2, -0.15) is 0 Å². The largest absolute Gasteiger partial charge is 0.368 e. The van der Waals surface area contributed by atoms with Crippen molar-refractivity contribution in [3.63, 3.8) is 0 Å². The van der Waals surface area contributed by atoms with E-state index in [1.807, 2.05) is 11.0 Å². The first kappa shape index (κ1) is 12.2. The summed E-state index contributed by atoms with van der Waals surface area (Å²) >= 11 is 5.96. The minimum Gasteiger partial charge on any atom is -0.368 e. The van der Waals surface area contributed by atoms with Crippen LogP contribution in [-0.4, -0.2) is 28.5 Å². The monoisotopic (exact) mass is 276 g/mol. The number of nitrogens with two attached hydrogens (primary N) is 1. The van der Waals surface area contributed by atoms with Crippen LogP contribution in [0.2, 0.25) is 5.02 Å². The highest BCUT2D eigenvalue weighted by Crippen LogP contribution is 2.30. The molecule has 2 heterocycles. The number of nitrogens with zero attached hydrogens (tertiary/aromatic N) is 3. The van der Waals surface area contributed by atoms with Gasteiger partial charge in [0.05, 0.1) is 5.52 Å². The van der Waals surface area contributed by atoms with Crippen LogP contribution in [0.4, 0.5) is 5.82 Å². The number of carbonyl (C=O) groups is 1. The molecule has 5 nitrogen and oxygen atoms in total. The Bertz CT molecular complexity index is 646. The Balaban J connectivity index is 2.12. The summed E-state index contributed by atoms with van der Waals surface area (Å²) < 4.78 is 0. The smallest absolute Gasteiger partial charge is 0.240 e. The highest BCUT2D eigenvalue weighted by molar-refractivity contribution is 6.31. The standard InChI is InChI=1S/C13H13ClN4O/c14-8-3-4-9-10(6-8)16-7-17-13(9)18-5-1-2-11(18)12(15)19/h3-4,6-7,11H,1-2,5H2,(H2,15,19). The minimum atomic E-state index is -0.307. The Morgan fingerprint density at radius 2 is 2.26 bits per heavy atom. The van der Waals surface area contributed by atoms with E-state index in [1.54, 1.807) is 12.1 Å². The number of benzene rings is 1. The molecular formula is C13H13ClN4O.